The van der Waals surface area contributed by atoms with Crippen LogP contribution in [0.2, 0.25) is 0 Å². The van der Waals surface area contributed by atoms with Crippen molar-refractivity contribution < 1.29 is 13.2 Å². The minimum Gasteiger partial charge on any atom is -0.355 e. The molecule has 1 saturated carbocycles. The molecule has 1 aromatic carbocycles. The van der Waals surface area contributed by atoms with Crippen molar-refractivity contribution in [2.45, 2.75) is 36.6 Å². The molecule has 4 N–H and O–H groups in total. The van der Waals surface area contributed by atoms with Gasteiger partial charge in [-0.1, -0.05) is 12.8 Å². The zero-order valence-corrected chi connectivity index (χ0v) is 13.5. The average Bonchev–Trinajstić information content (AvgIpc) is 2.54. The molecule has 0 aliphatic heterocycles. The maximum atomic E-state index is 12.5. The molecular formula is C15H23N3O3S. The van der Waals surface area contributed by atoms with Crippen LogP contribution in [0.1, 0.15) is 36.0 Å². The van der Waals surface area contributed by atoms with Gasteiger partial charge >= 0.3 is 0 Å². The fourth-order valence-electron chi connectivity index (χ4n) is 2.84. The standard InChI is InChI=1S/C15H23N3O3S/c1-17-15(19)11-6-8-13(9-7-11)22(20,21)18-14-5-3-2-4-12(14)10-16/h6-9,12,14,18H,2-5,10,16H2,1H3,(H,17,19). The summed E-state index contributed by atoms with van der Waals surface area (Å²) >= 11 is 0. The quantitative estimate of drug-likeness (QED) is 0.746. The topological polar surface area (TPSA) is 101 Å². The van der Waals surface area contributed by atoms with Crippen LogP contribution in [0.3, 0.4) is 0 Å². The Balaban J connectivity index is 2.14. The molecule has 122 valence electrons. The fraction of sp³-hybridized carbons (Fsp3) is 0.533. The Morgan fingerprint density at radius 1 is 1.23 bits per heavy atom. The van der Waals surface area contributed by atoms with Crippen molar-refractivity contribution in [2.75, 3.05) is 13.6 Å². The summed E-state index contributed by atoms with van der Waals surface area (Å²) < 4.78 is 27.7. The van der Waals surface area contributed by atoms with Gasteiger partial charge in [0, 0.05) is 18.7 Å². The van der Waals surface area contributed by atoms with Crippen LogP contribution in [0, 0.1) is 5.92 Å². The van der Waals surface area contributed by atoms with Crippen LogP contribution in [0.4, 0.5) is 0 Å². The molecule has 0 aromatic heterocycles. The number of nitrogens with one attached hydrogen (secondary N) is 2. The van der Waals surface area contributed by atoms with Crippen LogP contribution in [-0.2, 0) is 10.0 Å². The zero-order chi connectivity index (χ0) is 16.2. The third-order valence-corrected chi connectivity index (χ3v) is 5.68. The minimum absolute atomic E-state index is 0.109. The highest BCUT2D eigenvalue weighted by atomic mass is 32.2. The molecule has 0 spiro atoms. The van der Waals surface area contributed by atoms with Crippen molar-refractivity contribution in [1.29, 1.82) is 0 Å². The normalized spacial score (nSPS) is 22.3. The first-order valence-corrected chi connectivity index (χ1v) is 9.01. The lowest BCUT2D eigenvalue weighted by atomic mass is 9.85. The maximum absolute atomic E-state index is 12.5. The van der Waals surface area contributed by atoms with E-state index in [-0.39, 0.29) is 22.8 Å². The van der Waals surface area contributed by atoms with Gasteiger partial charge in [-0.25, -0.2) is 13.1 Å². The number of sulfonamides is 1. The Morgan fingerprint density at radius 3 is 2.45 bits per heavy atom. The van der Waals surface area contributed by atoms with Gasteiger partial charge in [-0.15, -0.1) is 0 Å². The van der Waals surface area contributed by atoms with Gasteiger partial charge in [0.25, 0.3) is 5.91 Å². The number of hydrogen-bond donors (Lipinski definition) is 3. The van der Waals surface area contributed by atoms with Gasteiger partial charge in [-0.3, -0.25) is 4.79 Å². The fourth-order valence-corrected chi connectivity index (χ4v) is 4.18. The van der Waals surface area contributed by atoms with Gasteiger partial charge in [0.15, 0.2) is 0 Å². The summed E-state index contributed by atoms with van der Waals surface area (Å²) in [6, 6.07) is 5.81. The van der Waals surface area contributed by atoms with E-state index in [1.165, 1.54) is 31.3 Å². The summed E-state index contributed by atoms with van der Waals surface area (Å²) in [6.07, 6.45) is 3.89. The number of benzene rings is 1. The third kappa shape index (κ3) is 3.85. The number of nitrogens with two attached hydrogens (primary N) is 1. The van der Waals surface area contributed by atoms with Crippen molar-refractivity contribution in [1.82, 2.24) is 10.0 Å². The highest BCUT2D eigenvalue weighted by Gasteiger charge is 2.28. The van der Waals surface area contributed by atoms with Crippen molar-refractivity contribution in [3.05, 3.63) is 29.8 Å². The average molecular weight is 325 g/mol. The van der Waals surface area contributed by atoms with Gasteiger partial charge in [-0.05, 0) is 49.6 Å². The number of hydrogen-bond acceptors (Lipinski definition) is 4. The molecule has 6 nitrogen and oxygen atoms in total. The van der Waals surface area contributed by atoms with Gasteiger partial charge in [0.05, 0.1) is 4.90 Å². The Morgan fingerprint density at radius 2 is 1.86 bits per heavy atom. The molecule has 0 saturated heterocycles. The molecule has 2 unspecified atom stereocenters. The minimum atomic E-state index is -3.59. The summed E-state index contributed by atoms with van der Waals surface area (Å²) in [6.45, 7) is 0.489. The number of carbonyl (C=O) groups is 1. The Labute approximate surface area is 131 Å². The SMILES string of the molecule is CNC(=O)c1ccc(S(=O)(=O)NC2CCCCC2CN)cc1. The summed E-state index contributed by atoms with van der Waals surface area (Å²) in [7, 11) is -2.06. The third-order valence-electron chi connectivity index (χ3n) is 4.17. The van der Waals surface area contributed by atoms with Crippen molar-refractivity contribution in [3.8, 4) is 0 Å². The van der Waals surface area contributed by atoms with E-state index in [9.17, 15) is 13.2 Å². The number of amides is 1. The van der Waals surface area contributed by atoms with E-state index in [1.54, 1.807) is 0 Å². The Bertz CT molecular complexity index is 613. The van der Waals surface area contributed by atoms with Crippen LogP contribution >= 0.6 is 0 Å². The maximum Gasteiger partial charge on any atom is 0.251 e. The molecule has 2 rings (SSSR count). The van der Waals surface area contributed by atoms with Crippen LogP contribution in [0.15, 0.2) is 29.2 Å². The summed E-state index contributed by atoms with van der Waals surface area (Å²) in [4.78, 5) is 11.7. The van der Waals surface area contributed by atoms with Gasteiger partial charge in [-0.2, -0.15) is 0 Å². The Hall–Kier alpha value is -1.44. The van der Waals surface area contributed by atoms with E-state index in [1.807, 2.05) is 0 Å². The predicted molar refractivity (Wildman–Crippen MR) is 85.0 cm³/mol. The van der Waals surface area contributed by atoms with E-state index >= 15 is 0 Å². The van der Waals surface area contributed by atoms with Crippen molar-refractivity contribution >= 4 is 15.9 Å². The molecular weight excluding hydrogens is 302 g/mol. The predicted octanol–water partition coefficient (Wildman–Crippen LogP) is 0.842. The van der Waals surface area contributed by atoms with Crippen LogP contribution < -0.4 is 15.8 Å². The molecule has 0 heterocycles. The van der Waals surface area contributed by atoms with Gasteiger partial charge < -0.3 is 11.1 Å². The van der Waals surface area contributed by atoms with Crippen LogP contribution in [0.25, 0.3) is 0 Å². The largest absolute Gasteiger partial charge is 0.355 e. The lowest BCUT2D eigenvalue weighted by Gasteiger charge is -2.31. The molecule has 1 aliphatic carbocycles. The molecule has 0 radical (unpaired) electrons. The van der Waals surface area contributed by atoms with E-state index in [0.29, 0.717) is 12.1 Å². The first-order chi connectivity index (χ1) is 10.5. The second kappa shape index (κ2) is 7.21. The van der Waals surface area contributed by atoms with Crippen LogP contribution in [-0.4, -0.2) is 34.0 Å². The van der Waals surface area contributed by atoms with Gasteiger partial charge in [0.1, 0.15) is 0 Å². The highest BCUT2D eigenvalue weighted by molar-refractivity contribution is 7.89. The monoisotopic (exact) mass is 325 g/mol. The first kappa shape index (κ1) is 16.9. The number of rotatable bonds is 5. The van der Waals surface area contributed by atoms with E-state index < -0.39 is 10.0 Å². The smallest absolute Gasteiger partial charge is 0.251 e. The molecule has 7 heteroatoms. The van der Waals surface area contributed by atoms with Crippen molar-refractivity contribution in [3.63, 3.8) is 0 Å². The molecule has 1 fully saturated rings. The lowest BCUT2D eigenvalue weighted by molar-refractivity contribution is 0.0963. The highest BCUT2D eigenvalue weighted by Crippen LogP contribution is 2.25. The summed E-state index contributed by atoms with van der Waals surface area (Å²) in [5.74, 6) is -0.0546. The summed E-state index contributed by atoms with van der Waals surface area (Å²) in [5, 5.41) is 2.50. The van der Waals surface area contributed by atoms with E-state index in [4.69, 9.17) is 5.73 Å². The van der Waals surface area contributed by atoms with E-state index in [0.717, 1.165) is 25.7 Å². The molecule has 1 amide bonds. The Kier molecular flexibility index (Phi) is 5.55. The summed E-state index contributed by atoms with van der Waals surface area (Å²) in [5.41, 5.74) is 6.17. The van der Waals surface area contributed by atoms with Gasteiger partial charge in [0.2, 0.25) is 10.0 Å². The van der Waals surface area contributed by atoms with E-state index in [2.05, 4.69) is 10.0 Å². The van der Waals surface area contributed by atoms with Crippen LogP contribution in [0.5, 0.6) is 0 Å². The molecule has 22 heavy (non-hydrogen) atoms. The lowest BCUT2D eigenvalue weighted by Crippen LogP contribution is -2.44. The van der Waals surface area contributed by atoms with Crippen molar-refractivity contribution in [2.24, 2.45) is 11.7 Å². The molecule has 2 atom stereocenters. The second-order valence-corrected chi connectivity index (χ2v) is 7.33. The second-order valence-electron chi connectivity index (χ2n) is 5.61. The molecule has 1 aromatic rings. The first-order valence-electron chi connectivity index (χ1n) is 7.52. The molecule has 1 aliphatic rings. The number of carbonyl (C=O) groups excluding carboxylic acids is 1. The molecule has 0 bridgehead atoms. The zero-order valence-electron chi connectivity index (χ0n) is 12.7.